The van der Waals surface area contributed by atoms with Crippen LogP contribution in [-0.4, -0.2) is 171 Å². The van der Waals surface area contributed by atoms with E-state index in [-0.39, 0.29) is 0 Å². The molecule has 67 heavy (non-hydrogen) atoms. The Morgan fingerprint density at radius 1 is 0.209 bits per heavy atom. The highest BCUT2D eigenvalue weighted by Crippen LogP contribution is 2.26. The van der Waals surface area contributed by atoms with Gasteiger partial charge in [0.25, 0.3) is 37.1 Å². The molecule has 0 heterocycles. The van der Waals surface area contributed by atoms with Gasteiger partial charge in [-0.25, -0.2) is 0 Å². The van der Waals surface area contributed by atoms with Gasteiger partial charge in [0.1, 0.15) is 0 Å². The van der Waals surface area contributed by atoms with Crippen LogP contribution >= 0.6 is 0 Å². The van der Waals surface area contributed by atoms with Crippen molar-refractivity contribution >= 4 is 150 Å². The van der Waals surface area contributed by atoms with Crippen LogP contribution in [-0.2, 0) is 70.9 Å². The molecule has 0 bridgehead atoms. The fourth-order valence-electron chi connectivity index (χ4n) is 7.30. The SMILES string of the molecule is CO[SiH](C)O[SiH](C)O[SiH](C)O[Si](C)(C)O[Si](C)(C)O[Si](C)(C)C.CO[SiH](C)O[SiH](C)O[Si](C)(C)O[Si](C)(C)O[Si](C)(C)C.CO[SiH](C)O[SiH](C)O[Si](C)(C)O[Si](C)(C)O[Si](C)(C)O[Si](C)(C)C. The second kappa shape index (κ2) is 31.3. The lowest BCUT2D eigenvalue weighted by atomic mass is 11.8. The molecule has 408 valence electrons. The summed E-state index contributed by atoms with van der Waals surface area (Å²) < 4.78 is 102. The van der Waals surface area contributed by atoms with Crippen molar-refractivity contribution in [1.82, 2.24) is 0 Å². The van der Waals surface area contributed by atoms with E-state index in [4.69, 9.17) is 70.9 Å². The normalized spacial score (nSPS) is 17.3. The zero-order valence-corrected chi connectivity index (χ0v) is 67.1. The Morgan fingerprint density at radius 2 is 0.373 bits per heavy atom. The van der Waals surface area contributed by atoms with Gasteiger partial charge in [-0.15, -0.1) is 0 Å². The van der Waals surface area contributed by atoms with Crippen LogP contribution in [0.1, 0.15) is 0 Å². The minimum absolute atomic E-state index is 1.53. The van der Waals surface area contributed by atoms with Gasteiger partial charge >= 0.3 is 87.8 Å². The van der Waals surface area contributed by atoms with Crippen LogP contribution in [0.2, 0.25) is 196 Å². The van der Waals surface area contributed by atoms with Crippen molar-refractivity contribution in [2.24, 2.45) is 0 Å². The predicted molar refractivity (Wildman–Crippen MR) is 320 cm³/mol. The standard InChI is InChI=1S/C12H38O6Si6.C11H36O6Si6.C10H32O5Si5/c1-13-19(2)14-20(3)15-22(7,8)17-24(11,12)18-23(9,10)16-21(4,5)6;1-12-18(2)13-19(3)14-20(4)15-22(8,9)17-23(10,11)16-21(5,6)7;1-11-16(2)12-17(3)13-19(7,8)15-20(9,10)14-18(4,5)6/h19-20H,1-12H3;18-20H,1-11H3;16-17H,1-10H3. The first-order valence-electron chi connectivity index (χ1n) is 23.5. The van der Waals surface area contributed by atoms with Gasteiger partial charge in [-0.1, -0.05) is 0 Å². The Kier molecular flexibility index (Phi) is 34.7. The topological polar surface area (TPSA) is 157 Å². The van der Waals surface area contributed by atoms with Crippen LogP contribution < -0.4 is 0 Å². The van der Waals surface area contributed by atoms with Crippen molar-refractivity contribution < 1.29 is 70.9 Å². The van der Waals surface area contributed by atoms with Gasteiger partial charge in [-0.05, 0) is 196 Å². The van der Waals surface area contributed by atoms with Crippen LogP contribution in [0.4, 0.5) is 0 Å². The van der Waals surface area contributed by atoms with Gasteiger partial charge in [0, 0.05) is 21.3 Å². The first-order valence-corrected chi connectivity index (χ1v) is 68.2. The summed E-state index contributed by atoms with van der Waals surface area (Å²) in [4.78, 5) is 0. The second-order valence-electron chi connectivity index (χ2n) is 22.4. The number of hydrogen-bond donors (Lipinski definition) is 0. The molecule has 7 unspecified atom stereocenters. The molecule has 0 aliphatic heterocycles. The quantitative estimate of drug-likeness (QED) is 0.0608. The van der Waals surface area contributed by atoms with Crippen molar-refractivity contribution in [2.45, 2.75) is 196 Å². The van der Waals surface area contributed by atoms with Gasteiger partial charge in [-0.3, -0.25) is 0 Å². The Bertz CT molecular complexity index is 1340. The maximum absolute atomic E-state index is 6.40. The van der Waals surface area contributed by atoms with E-state index in [1.807, 2.05) is 45.8 Å². The molecule has 0 radical (unpaired) electrons. The third kappa shape index (κ3) is 46.1. The molecule has 0 aliphatic rings. The fraction of sp³-hybridized carbons (Fsp3) is 1.00. The molecule has 0 N–H and O–H groups in total. The molecule has 0 fully saturated rings. The van der Waals surface area contributed by atoms with E-state index in [2.05, 4.69) is 151 Å². The Morgan fingerprint density at radius 3 is 0.567 bits per heavy atom. The van der Waals surface area contributed by atoms with E-state index in [0.29, 0.717) is 0 Å². The predicted octanol–water partition coefficient (Wildman–Crippen LogP) is 8.50. The highest BCUT2D eigenvalue weighted by molar-refractivity contribution is 6.90. The van der Waals surface area contributed by atoms with Crippen molar-refractivity contribution in [3.05, 3.63) is 0 Å². The third-order valence-electron chi connectivity index (χ3n) is 7.50. The zero-order chi connectivity index (χ0) is 54.1. The highest BCUT2D eigenvalue weighted by atomic mass is 28.5. The van der Waals surface area contributed by atoms with Gasteiger partial charge in [0.2, 0.25) is 0 Å². The van der Waals surface area contributed by atoms with Crippen LogP contribution in [0.25, 0.3) is 0 Å². The third-order valence-corrected chi connectivity index (χ3v) is 61.5. The van der Waals surface area contributed by atoms with Crippen molar-refractivity contribution in [3.8, 4) is 0 Å². The summed E-state index contributed by atoms with van der Waals surface area (Å²) in [5.74, 6) is 0. The summed E-state index contributed by atoms with van der Waals surface area (Å²) >= 11 is 0. The van der Waals surface area contributed by atoms with Gasteiger partial charge in [0.15, 0.2) is 25.0 Å². The fourth-order valence-corrected chi connectivity index (χ4v) is 70.5. The number of rotatable bonds is 31. The molecule has 34 heteroatoms. The van der Waals surface area contributed by atoms with Gasteiger partial charge in [-0.2, -0.15) is 0 Å². The molecular formula is C33H106O17Si17. The molecule has 17 nitrogen and oxygen atoms in total. The minimum atomic E-state index is -2.35. The molecule has 0 amide bonds. The molecule has 0 aromatic heterocycles. The maximum Gasteiger partial charge on any atom is 0.314 e. The van der Waals surface area contributed by atoms with E-state index in [9.17, 15) is 0 Å². The second-order valence-corrected chi connectivity index (χ2v) is 77.0. The van der Waals surface area contributed by atoms with E-state index in [0.717, 1.165) is 0 Å². The Labute approximate surface area is 435 Å². The average molecular weight is 1250 g/mol. The van der Waals surface area contributed by atoms with Crippen LogP contribution in [0.3, 0.4) is 0 Å². The largest absolute Gasteiger partial charge is 0.437 e. The van der Waals surface area contributed by atoms with E-state index >= 15 is 0 Å². The van der Waals surface area contributed by atoms with Crippen molar-refractivity contribution in [1.29, 1.82) is 0 Å². The van der Waals surface area contributed by atoms with Crippen LogP contribution in [0.5, 0.6) is 0 Å². The smallest absolute Gasteiger partial charge is 0.314 e. The summed E-state index contributed by atoms with van der Waals surface area (Å²) in [6.07, 6.45) is 0. The molecule has 0 spiro atoms. The molecule has 7 atom stereocenters. The first kappa shape index (κ1) is 74.2. The average Bonchev–Trinajstić information content (AvgIpc) is 2.97. The minimum Gasteiger partial charge on any atom is -0.437 e. The lowest BCUT2D eigenvalue weighted by Crippen LogP contribution is -2.57. The van der Waals surface area contributed by atoms with Crippen LogP contribution in [0, 0.1) is 0 Å². The lowest BCUT2D eigenvalue weighted by Gasteiger charge is -2.40. The summed E-state index contributed by atoms with van der Waals surface area (Å²) in [6, 6.07) is 0. The monoisotopic (exact) mass is 1250 g/mol. The van der Waals surface area contributed by atoms with Crippen LogP contribution in [0.15, 0.2) is 0 Å². The Hall–Kier alpha value is 3.01. The van der Waals surface area contributed by atoms with Gasteiger partial charge in [0.05, 0.1) is 0 Å². The lowest BCUT2D eigenvalue weighted by molar-refractivity contribution is 0.276. The van der Waals surface area contributed by atoms with E-state index in [1.54, 1.807) is 21.3 Å². The highest BCUT2D eigenvalue weighted by Gasteiger charge is 2.45. The van der Waals surface area contributed by atoms with E-state index < -0.39 is 150 Å². The summed E-state index contributed by atoms with van der Waals surface area (Å²) in [5.41, 5.74) is 0. The molecule has 0 saturated heterocycles. The molecular weight excluding hydrogens is 1150 g/mol. The summed E-state index contributed by atoms with van der Waals surface area (Å²) in [5, 5.41) is 0. The Balaban J connectivity index is -0.000000921. The van der Waals surface area contributed by atoms with E-state index in [1.165, 1.54) is 0 Å². The zero-order valence-electron chi connectivity index (χ0n) is 49.0. The number of hydrogen-bond acceptors (Lipinski definition) is 17. The van der Waals surface area contributed by atoms with Crippen molar-refractivity contribution in [2.75, 3.05) is 21.3 Å². The summed E-state index contributed by atoms with van der Waals surface area (Å²) in [6.45, 7) is 63.0. The molecule has 0 rings (SSSR count). The summed E-state index contributed by atoms with van der Waals surface area (Å²) in [7, 11) is -27.0. The van der Waals surface area contributed by atoms with Gasteiger partial charge < -0.3 is 70.9 Å². The molecule has 0 saturated carbocycles. The molecule has 0 aromatic rings. The first-order chi connectivity index (χ1) is 29.4. The maximum atomic E-state index is 6.40. The molecule has 0 aromatic carbocycles. The molecule has 0 aliphatic carbocycles. The van der Waals surface area contributed by atoms with Crippen molar-refractivity contribution in [3.63, 3.8) is 0 Å².